The summed E-state index contributed by atoms with van der Waals surface area (Å²) in [5.74, 6) is 1.17. The van der Waals surface area contributed by atoms with E-state index in [-0.39, 0.29) is 5.92 Å². The standard InChI is InChI=1S/C21H17BrNO2P/c22-19-13-11-17(12-14-19)18(15-23)16-26(24-20-7-3-1-4-8-20)25-21-9-5-2-6-10-21/h1-14,18H,16H2. The van der Waals surface area contributed by atoms with Crippen molar-refractivity contribution in [2.45, 2.75) is 5.92 Å². The van der Waals surface area contributed by atoms with E-state index in [9.17, 15) is 5.26 Å². The molecule has 5 heteroatoms. The van der Waals surface area contributed by atoms with Gasteiger partial charge >= 0.3 is 0 Å². The summed E-state index contributed by atoms with van der Waals surface area (Å²) < 4.78 is 13.1. The minimum absolute atomic E-state index is 0.304. The molecular weight excluding hydrogens is 409 g/mol. The van der Waals surface area contributed by atoms with E-state index < -0.39 is 8.38 Å². The molecule has 0 N–H and O–H groups in total. The lowest BCUT2D eigenvalue weighted by Crippen LogP contribution is -2.07. The van der Waals surface area contributed by atoms with Gasteiger partial charge in [-0.3, -0.25) is 0 Å². The van der Waals surface area contributed by atoms with Gasteiger partial charge in [0.05, 0.1) is 18.1 Å². The molecule has 0 aliphatic rings. The van der Waals surface area contributed by atoms with E-state index in [1.165, 1.54) is 0 Å². The van der Waals surface area contributed by atoms with E-state index in [0.29, 0.717) is 6.16 Å². The Kier molecular flexibility index (Phi) is 6.66. The summed E-state index contributed by atoms with van der Waals surface area (Å²) in [7, 11) is -1.32. The van der Waals surface area contributed by atoms with Gasteiger partial charge < -0.3 is 9.05 Å². The van der Waals surface area contributed by atoms with Crippen molar-refractivity contribution in [1.82, 2.24) is 0 Å². The van der Waals surface area contributed by atoms with Crippen LogP contribution in [0.2, 0.25) is 0 Å². The molecule has 0 aromatic heterocycles. The molecule has 1 unspecified atom stereocenters. The molecule has 3 aromatic rings. The summed E-state index contributed by atoms with van der Waals surface area (Å²) in [6, 6.07) is 29.3. The fourth-order valence-corrected chi connectivity index (χ4v) is 4.11. The Bertz CT molecular complexity index is 809. The summed E-state index contributed by atoms with van der Waals surface area (Å²) in [4.78, 5) is 0. The molecule has 26 heavy (non-hydrogen) atoms. The average molecular weight is 426 g/mol. The van der Waals surface area contributed by atoms with Crippen LogP contribution in [0.3, 0.4) is 0 Å². The third-order valence-electron chi connectivity index (χ3n) is 3.66. The summed E-state index contributed by atoms with van der Waals surface area (Å²) in [5, 5.41) is 9.67. The summed E-state index contributed by atoms with van der Waals surface area (Å²) >= 11 is 3.43. The summed E-state index contributed by atoms with van der Waals surface area (Å²) in [6.45, 7) is 0. The Balaban J connectivity index is 1.79. The SMILES string of the molecule is N#CC(CP(Oc1ccccc1)Oc1ccccc1)c1ccc(Br)cc1. The van der Waals surface area contributed by atoms with Crippen molar-refractivity contribution in [2.24, 2.45) is 0 Å². The zero-order valence-corrected chi connectivity index (χ0v) is 16.4. The first kappa shape index (κ1) is 18.5. The zero-order valence-electron chi connectivity index (χ0n) is 14.0. The average Bonchev–Trinajstić information content (AvgIpc) is 2.68. The first-order chi connectivity index (χ1) is 12.7. The van der Waals surface area contributed by atoms with Crippen molar-refractivity contribution in [3.05, 3.63) is 95.0 Å². The third kappa shape index (κ3) is 5.33. The molecule has 3 aromatic carbocycles. The molecule has 0 heterocycles. The second-order valence-electron chi connectivity index (χ2n) is 5.56. The molecule has 0 aliphatic carbocycles. The molecule has 3 rings (SSSR count). The van der Waals surface area contributed by atoms with Crippen LogP contribution in [0.25, 0.3) is 0 Å². The lowest BCUT2D eigenvalue weighted by molar-refractivity contribution is 0.487. The van der Waals surface area contributed by atoms with Gasteiger partial charge in [-0.05, 0) is 42.0 Å². The number of hydrogen-bond donors (Lipinski definition) is 0. The van der Waals surface area contributed by atoms with E-state index in [0.717, 1.165) is 21.5 Å². The molecule has 0 bridgehead atoms. The fourth-order valence-electron chi connectivity index (χ4n) is 2.36. The number of nitrogens with zero attached hydrogens (tertiary/aromatic N) is 1. The number of rotatable bonds is 7. The van der Waals surface area contributed by atoms with Gasteiger partial charge in [-0.25, -0.2) is 0 Å². The Morgan fingerprint density at radius 2 is 1.31 bits per heavy atom. The normalized spacial score (nSPS) is 11.6. The molecule has 3 nitrogen and oxygen atoms in total. The van der Waals surface area contributed by atoms with Crippen LogP contribution < -0.4 is 9.05 Å². The van der Waals surface area contributed by atoms with E-state index in [1.807, 2.05) is 84.9 Å². The molecular formula is C21H17BrNO2P. The maximum Gasteiger partial charge on any atom is 0.292 e. The number of halogens is 1. The minimum Gasteiger partial charge on any atom is -0.439 e. The second kappa shape index (κ2) is 9.38. The number of benzene rings is 3. The van der Waals surface area contributed by atoms with Crippen LogP contribution in [-0.4, -0.2) is 6.16 Å². The minimum atomic E-state index is -1.32. The Hall–Kier alpha value is -2.34. The first-order valence-electron chi connectivity index (χ1n) is 8.13. The van der Waals surface area contributed by atoms with E-state index in [4.69, 9.17) is 9.05 Å². The maximum absolute atomic E-state index is 9.67. The van der Waals surface area contributed by atoms with Gasteiger partial charge in [-0.1, -0.05) is 64.5 Å². The lowest BCUT2D eigenvalue weighted by atomic mass is 10.0. The Morgan fingerprint density at radius 1 is 0.808 bits per heavy atom. The van der Waals surface area contributed by atoms with Gasteiger partial charge in [0.15, 0.2) is 0 Å². The monoisotopic (exact) mass is 425 g/mol. The Labute approximate surface area is 163 Å². The fraction of sp³-hybridized carbons (Fsp3) is 0.0952. The molecule has 0 spiro atoms. The van der Waals surface area contributed by atoms with Gasteiger partial charge in [0, 0.05) is 4.47 Å². The van der Waals surface area contributed by atoms with E-state index >= 15 is 0 Å². The highest BCUT2D eigenvalue weighted by Gasteiger charge is 2.23. The van der Waals surface area contributed by atoms with Crippen molar-refractivity contribution in [2.75, 3.05) is 6.16 Å². The largest absolute Gasteiger partial charge is 0.439 e. The van der Waals surface area contributed by atoms with Gasteiger partial charge in [0.1, 0.15) is 11.5 Å². The highest BCUT2D eigenvalue weighted by molar-refractivity contribution is 9.10. The lowest BCUT2D eigenvalue weighted by Gasteiger charge is -2.21. The first-order valence-corrected chi connectivity index (χ1v) is 10.3. The molecule has 0 aliphatic heterocycles. The molecule has 1 atom stereocenters. The number of hydrogen-bond acceptors (Lipinski definition) is 3. The third-order valence-corrected chi connectivity index (χ3v) is 5.68. The van der Waals surface area contributed by atoms with Crippen LogP contribution in [0.5, 0.6) is 11.5 Å². The van der Waals surface area contributed by atoms with Crippen molar-refractivity contribution in [3.63, 3.8) is 0 Å². The zero-order chi connectivity index (χ0) is 18.2. The van der Waals surface area contributed by atoms with Crippen molar-refractivity contribution in [3.8, 4) is 17.6 Å². The van der Waals surface area contributed by atoms with Crippen LogP contribution >= 0.6 is 24.3 Å². The molecule has 0 fully saturated rings. The highest BCUT2D eigenvalue weighted by Crippen LogP contribution is 2.43. The van der Waals surface area contributed by atoms with Crippen molar-refractivity contribution >= 4 is 24.3 Å². The molecule has 130 valence electrons. The predicted molar refractivity (Wildman–Crippen MR) is 108 cm³/mol. The molecule has 0 saturated carbocycles. The van der Waals surface area contributed by atoms with E-state index in [1.54, 1.807) is 0 Å². The molecule has 0 amide bonds. The van der Waals surface area contributed by atoms with E-state index in [2.05, 4.69) is 22.0 Å². The number of para-hydroxylation sites is 2. The predicted octanol–water partition coefficient (Wildman–Crippen LogP) is 6.53. The number of nitriles is 1. The summed E-state index contributed by atoms with van der Waals surface area (Å²) in [6.07, 6.45) is 0.483. The maximum atomic E-state index is 9.67. The van der Waals surface area contributed by atoms with Gasteiger partial charge in [-0.2, -0.15) is 5.26 Å². The van der Waals surface area contributed by atoms with Crippen LogP contribution in [0.1, 0.15) is 11.5 Å². The van der Waals surface area contributed by atoms with Crippen LogP contribution in [0.15, 0.2) is 89.4 Å². The van der Waals surface area contributed by atoms with Gasteiger partial charge in [0.25, 0.3) is 8.38 Å². The van der Waals surface area contributed by atoms with Crippen LogP contribution in [-0.2, 0) is 0 Å². The smallest absolute Gasteiger partial charge is 0.292 e. The molecule has 0 radical (unpaired) electrons. The summed E-state index contributed by atoms with van der Waals surface area (Å²) in [5.41, 5.74) is 0.955. The quantitative estimate of drug-likeness (QED) is 0.404. The van der Waals surface area contributed by atoms with Crippen LogP contribution in [0.4, 0.5) is 0 Å². The second-order valence-corrected chi connectivity index (χ2v) is 7.87. The van der Waals surface area contributed by atoms with Crippen molar-refractivity contribution in [1.29, 1.82) is 5.26 Å². The van der Waals surface area contributed by atoms with Crippen molar-refractivity contribution < 1.29 is 9.05 Å². The highest BCUT2D eigenvalue weighted by atomic mass is 79.9. The topological polar surface area (TPSA) is 42.2 Å². The van der Waals surface area contributed by atoms with Gasteiger partial charge in [0.2, 0.25) is 0 Å². The Morgan fingerprint density at radius 3 is 1.77 bits per heavy atom. The molecule has 0 saturated heterocycles. The van der Waals surface area contributed by atoms with Gasteiger partial charge in [-0.15, -0.1) is 0 Å². The van der Waals surface area contributed by atoms with Crippen LogP contribution in [0, 0.1) is 11.3 Å².